The van der Waals surface area contributed by atoms with Crippen molar-refractivity contribution in [3.8, 4) is 5.88 Å². The molecule has 1 aromatic heterocycles. The zero-order valence-electron chi connectivity index (χ0n) is 9.03. The molecule has 15 heavy (non-hydrogen) atoms. The monoisotopic (exact) mass is 213 g/mol. The average Bonchev–Trinajstić information content (AvgIpc) is 2.19. The third kappa shape index (κ3) is 3.83. The zero-order valence-corrected chi connectivity index (χ0v) is 9.03. The van der Waals surface area contributed by atoms with Crippen LogP contribution in [0.25, 0.3) is 0 Å². The molecule has 0 amide bonds. The van der Waals surface area contributed by atoms with E-state index in [-0.39, 0.29) is 6.61 Å². The lowest BCUT2D eigenvalue weighted by Gasteiger charge is -2.09. The summed E-state index contributed by atoms with van der Waals surface area (Å²) in [7, 11) is 0. The van der Waals surface area contributed by atoms with Crippen molar-refractivity contribution in [3.63, 3.8) is 0 Å². The quantitative estimate of drug-likeness (QED) is 0.814. The molecule has 0 aliphatic carbocycles. The van der Waals surface area contributed by atoms with Crippen LogP contribution in [0.2, 0.25) is 0 Å². The molecular weight excluding hydrogens is 197 g/mol. The number of hydrogen-bond donors (Lipinski definition) is 1. The summed E-state index contributed by atoms with van der Waals surface area (Å²) in [6.07, 6.45) is 1.99. The SMILES string of the molecule is CC(C)CCOc1ncc(F)cc1CO. The molecule has 1 N–H and O–H groups in total. The number of hydrogen-bond acceptors (Lipinski definition) is 3. The number of nitrogens with zero attached hydrogens (tertiary/aromatic N) is 1. The maximum atomic E-state index is 12.8. The first-order valence-electron chi connectivity index (χ1n) is 5.01. The van der Waals surface area contributed by atoms with E-state index < -0.39 is 5.82 Å². The Kier molecular flexibility index (Phi) is 4.49. The largest absolute Gasteiger partial charge is 0.477 e. The van der Waals surface area contributed by atoms with Crippen molar-refractivity contribution < 1.29 is 14.2 Å². The number of aliphatic hydroxyl groups excluding tert-OH is 1. The minimum atomic E-state index is -0.463. The molecule has 0 aromatic carbocycles. The van der Waals surface area contributed by atoms with E-state index in [9.17, 15) is 4.39 Å². The van der Waals surface area contributed by atoms with Crippen LogP contribution in [0.5, 0.6) is 5.88 Å². The third-order valence-corrected chi connectivity index (χ3v) is 2.00. The zero-order chi connectivity index (χ0) is 11.3. The molecule has 0 spiro atoms. The molecule has 3 nitrogen and oxygen atoms in total. The summed E-state index contributed by atoms with van der Waals surface area (Å²) in [6, 6.07) is 1.23. The molecule has 0 aliphatic rings. The highest BCUT2D eigenvalue weighted by atomic mass is 19.1. The van der Waals surface area contributed by atoms with Gasteiger partial charge in [-0.3, -0.25) is 0 Å². The maximum Gasteiger partial charge on any atom is 0.219 e. The second-order valence-corrected chi connectivity index (χ2v) is 3.81. The van der Waals surface area contributed by atoms with Crippen LogP contribution in [-0.4, -0.2) is 16.7 Å². The van der Waals surface area contributed by atoms with Crippen LogP contribution in [0.15, 0.2) is 12.3 Å². The first-order chi connectivity index (χ1) is 7.13. The van der Waals surface area contributed by atoms with E-state index in [1.54, 1.807) is 0 Å². The first kappa shape index (κ1) is 11.9. The summed E-state index contributed by atoms with van der Waals surface area (Å²) in [5.41, 5.74) is 0.388. The van der Waals surface area contributed by atoms with E-state index in [4.69, 9.17) is 9.84 Å². The lowest BCUT2D eigenvalue weighted by atomic mass is 10.1. The molecule has 1 aromatic rings. The van der Waals surface area contributed by atoms with Gasteiger partial charge in [0, 0.05) is 5.56 Å². The Hall–Kier alpha value is -1.16. The number of aliphatic hydroxyl groups is 1. The highest BCUT2D eigenvalue weighted by molar-refractivity contribution is 5.25. The summed E-state index contributed by atoms with van der Waals surface area (Å²) in [4.78, 5) is 3.79. The second-order valence-electron chi connectivity index (χ2n) is 3.81. The number of halogens is 1. The van der Waals surface area contributed by atoms with Gasteiger partial charge in [-0.25, -0.2) is 9.37 Å². The van der Waals surface area contributed by atoms with E-state index >= 15 is 0 Å². The molecule has 84 valence electrons. The molecule has 0 fully saturated rings. The van der Waals surface area contributed by atoms with Crippen molar-refractivity contribution in [2.45, 2.75) is 26.9 Å². The Morgan fingerprint density at radius 1 is 1.53 bits per heavy atom. The summed E-state index contributed by atoms with van der Waals surface area (Å²) >= 11 is 0. The Labute approximate surface area is 88.9 Å². The van der Waals surface area contributed by atoms with Gasteiger partial charge in [-0.15, -0.1) is 0 Å². The van der Waals surface area contributed by atoms with E-state index in [1.165, 1.54) is 6.07 Å². The van der Waals surface area contributed by atoms with E-state index in [1.807, 2.05) is 0 Å². The molecule has 1 rings (SSSR count). The molecule has 1 heterocycles. The van der Waals surface area contributed by atoms with Crippen LogP contribution in [0.3, 0.4) is 0 Å². The van der Waals surface area contributed by atoms with Crippen LogP contribution >= 0.6 is 0 Å². The van der Waals surface area contributed by atoms with Gasteiger partial charge in [0.1, 0.15) is 5.82 Å². The topological polar surface area (TPSA) is 42.4 Å². The lowest BCUT2D eigenvalue weighted by Crippen LogP contribution is -2.05. The van der Waals surface area contributed by atoms with Gasteiger partial charge in [-0.1, -0.05) is 13.8 Å². The fourth-order valence-electron chi connectivity index (χ4n) is 1.10. The molecule has 0 atom stereocenters. The Balaban J connectivity index is 2.60. The molecule has 0 unspecified atom stereocenters. The van der Waals surface area contributed by atoms with E-state index in [2.05, 4.69) is 18.8 Å². The van der Waals surface area contributed by atoms with Crippen molar-refractivity contribution in [3.05, 3.63) is 23.6 Å². The average molecular weight is 213 g/mol. The lowest BCUT2D eigenvalue weighted by molar-refractivity contribution is 0.247. The smallest absolute Gasteiger partial charge is 0.219 e. The van der Waals surface area contributed by atoms with Crippen molar-refractivity contribution in [1.82, 2.24) is 4.98 Å². The molecule has 4 heteroatoms. The number of ether oxygens (including phenoxy) is 1. The van der Waals surface area contributed by atoms with Crippen LogP contribution in [0, 0.1) is 11.7 Å². The van der Waals surface area contributed by atoms with Crippen molar-refractivity contribution in [2.75, 3.05) is 6.61 Å². The summed E-state index contributed by atoms with van der Waals surface area (Å²) < 4.78 is 18.1. The predicted octanol–water partition coefficient (Wildman–Crippen LogP) is 2.14. The van der Waals surface area contributed by atoms with E-state index in [0.29, 0.717) is 24.0 Å². The Morgan fingerprint density at radius 2 is 2.27 bits per heavy atom. The van der Waals surface area contributed by atoms with Crippen LogP contribution in [0.1, 0.15) is 25.8 Å². The second kappa shape index (κ2) is 5.66. The molecular formula is C11H16FNO2. The van der Waals surface area contributed by atoms with Crippen molar-refractivity contribution in [1.29, 1.82) is 0 Å². The van der Waals surface area contributed by atoms with Crippen LogP contribution in [-0.2, 0) is 6.61 Å². The Bertz CT molecular complexity index is 315. The Morgan fingerprint density at radius 3 is 2.87 bits per heavy atom. The summed E-state index contributed by atoms with van der Waals surface area (Å²) in [5.74, 6) is 0.401. The van der Waals surface area contributed by atoms with Gasteiger partial charge in [-0.2, -0.15) is 0 Å². The maximum absolute atomic E-state index is 12.8. The van der Waals surface area contributed by atoms with Crippen molar-refractivity contribution >= 4 is 0 Å². The highest BCUT2D eigenvalue weighted by Crippen LogP contribution is 2.16. The number of pyridine rings is 1. The number of aromatic nitrogens is 1. The molecule has 0 bridgehead atoms. The predicted molar refractivity (Wildman–Crippen MR) is 55.1 cm³/mol. The van der Waals surface area contributed by atoms with E-state index in [0.717, 1.165) is 12.6 Å². The van der Waals surface area contributed by atoms with Gasteiger partial charge in [0.15, 0.2) is 0 Å². The van der Waals surface area contributed by atoms with Crippen LogP contribution in [0.4, 0.5) is 4.39 Å². The van der Waals surface area contributed by atoms with Crippen molar-refractivity contribution in [2.24, 2.45) is 5.92 Å². The molecule has 0 saturated heterocycles. The van der Waals surface area contributed by atoms with Gasteiger partial charge in [-0.05, 0) is 18.4 Å². The van der Waals surface area contributed by atoms with Gasteiger partial charge >= 0.3 is 0 Å². The fraction of sp³-hybridized carbons (Fsp3) is 0.545. The fourth-order valence-corrected chi connectivity index (χ4v) is 1.10. The molecule has 0 saturated carbocycles. The molecule has 0 radical (unpaired) electrons. The van der Waals surface area contributed by atoms with Crippen LogP contribution < -0.4 is 4.74 Å². The first-order valence-corrected chi connectivity index (χ1v) is 5.01. The van der Waals surface area contributed by atoms with Gasteiger partial charge in [0.25, 0.3) is 0 Å². The summed E-state index contributed by atoms with van der Waals surface area (Å²) in [5, 5.41) is 8.96. The normalized spacial score (nSPS) is 10.7. The standard InChI is InChI=1S/C11H16FNO2/c1-8(2)3-4-15-11-9(7-14)5-10(12)6-13-11/h5-6,8,14H,3-4,7H2,1-2H3. The molecule has 0 aliphatic heterocycles. The number of rotatable bonds is 5. The van der Waals surface area contributed by atoms with Gasteiger partial charge in [0.2, 0.25) is 5.88 Å². The third-order valence-electron chi connectivity index (χ3n) is 2.00. The minimum Gasteiger partial charge on any atom is -0.477 e. The van der Waals surface area contributed by atoms with Gasteiger partial charge in [0.05, 0.1) is 19.4 Å². The summed E-state index contributed by atoms with van der Waals surface area (Å²) in [6.45, 7) is 4.45. The highest BCUT2D eigenvalue weighted by Gasteiger charge is 2.06. The van der Waals surface area contributed by atoms with Gasteiger partial charge < -0.3 is 9.84 Å². The minimum absolute atomic E-state index is 0.262.